The molecule has 1 heterocycles. The van der Waals surface area contributed by atoms with E-state index in [0.29, 0.717) is 17.0 Å². The summed E-state index contributed by atoms with van der Waals surface area (Å²) in [6.07, 6.45) is 1.52. The second-order valence-electron chi connectivity index (χ2n) is 4.38. The van der Waals surface area contributed by atoms with Crippen molar-refractivity contribution < 1.29 is 17.2 Å². The Morgan fingerprint density at radius 3 is 2.85 bits per heavy atom. The van der Waals surface area contributed by atoms with Crippen molar-refractivity contribution in [3.8, 4) is 0 Å². The zero-order chi connectivity index (χ0) is 14.6. The lowest BCUT2D eigenvalue weighted by atomic mass is 10.2. The molecule has 0 atom stereocenters. The molecule has 0 aliphatic heterocycles. The molecule has 1 aromatic carbocycles. The number of aromatic nitrogens is 1. The van der Waals surface area contributed by atoms with Crippen molar-refractivity contribution in [3.63, 3.8) is 0 Å². The average molecular weight is 298 g/mol. The molecule has 7 heteroatoms. The van der Waals surface area contributed by atoms with E-state index in [1.165, 1.54) is 18.5 Å². The Kier molecular flexibility index (Phi) is 4.51. The fourth-order valence-electron chi connectivity index (χ4n) is 1.69. The number of nitrogens with zero attached hydrogens (tertiary/aromatic N) is 1. The number of sulfonamides is 1. The van der Waals surface area contributed by atoms with Gasteiger partial charge in [0.2, 0.25) is 10.0 Å². The van der Waals surface area contributed by atoms with Crippen LogP contribution in [0.25, 0.3) is 0 Å². The molecule has 20 heavy (non-hydrogen) atoms. The van der Waals surface area contributed by atoms with E-state index >= 15 is 0 Å². The maximum atomic E-state index is 13.0. The van der Waals surface area contributed by atoms with Crippen molar-refractivity contribution in [2.75, 3.05) is 5.75 Å². The summed E-state index contributed by atoms with van der Waals surface area (Å²) in [5, 5.41) is 0. The standard InChI is InChI=1S/C13H15FN2O3S/c1-10-13(19-9-15-10)8-16-20(17,18)6-5-11-3-2-4-12(14)7-11/h2-4,7,9,16H,5-6,8H2,1H3. The molecule has 1 N–H and O–H groups in total. The number of hydrogen-bond acceptors (Lipinski definition) is 4. The van der Waals surface area contributed by atoms with Gasteiger partial charge in [-0.05, 0) is 31.0 Å². The van der Waals surface area contributed by atoms with Gasteiger partial charge in [0.25, 0.3) is 0 Å². The zero-order valence-corrected chi connectivity index (χ0v) is 11.8. The third-order valence-electron chi connectivity index (χ3n) is 2.85. The first-order valence-corrected chi connectivity index (χ1v) is 7.72. The van der Waals surface area contributed by atoms with Gasteiger partial charge < -0.3 is 4.42 Å². The van der Waals surface area contributed by atoms with Crippen molar-refractivity contribution in [2.24, 2.45) is 0 Å². The van der Waals surface area contributed by atoms with Crippen molar-refractivity contribution >= 4 is 10.0 Å². The lowest BCUT2D eigenvalue weighted by Crippen LogP contribution is -2.27. The van der Waals surface area contributed by atoms with Crippen molar-refractivity contribution in [2.45, 2.75) is 19.9 Å². The van der Waals surface area contributed by atoms with Gasteiger partial charge in [0.15, 0.2) is 6.39 Å². The van der Waals surface area contributed by atoms with Gasteiger partial charge in [-0.2, -0.15) is 0 Å². The summed E-state index contributed by atoms with van der Waals surface area (Å²) in [6.45, 7) is 1.80. The molecule has 0 saturated heterocycles. The van der Waals surface area contributed by atoms with Crippen LogP contribution in [0.1, 0.15) is 17.0 Å². The average Bonchev–Trinajstić information content (AvgIpc) is 2.80. The Morgan fingerprint density at radius 2 is 2.20 bits per heavy atom. The van der Waals surface area contributed by atoms with Gasteiger partial charge in [0.1, 0.15) is 11.6 Å². The maximum absolute atomic E-state index is 13.0. The molecular weight excluding hydrogens is 283 g/mol. The second kappa shape index (κ2) is 6.15. The normalized spacial score (nSPS) is 11.7. The minimum Gasteiger partial charge on any atom is -0.447 e. The molecule has 0 aliphatic carbocycles. The Labute approximate surface area is 116 Å². The van der Waals surface area contributed by atoms with Gasteiger partial charge in [-0.25, -0.2) is 22.5 Å². The van der Waals surface area contributed by atoms with Gasteiger partial charge in [-0.1, -0.05) is 12.1 Å². The molecule has 2 aromatic rings. The third-order valence-corrected chi connectivity index (χ3v) is 4.17. The predicted octanol–water partition coefficient (Wildman–Crippen LogP) is 1.78. The minimum atomic E-state index is -3.45. The zero-order valence-electron chi connectivity index (χ0n) is 11.0. The number of rotatable bonds is 6. The molecular formula is C13H15FN2O3S. The fraction of sp³-hybridized carbons (Fsp3) is 0.308. The van der Waals surface area contributed by atoms with Crippen LogP contribution in [0.5, 0.6) is 0 Å². The van der Waals surface area contributed by atoms with Crippen molar-refractivity contribution in [1.29, 1.82) is 0 Å². The summed E-state index contributed by atoms with van der Waals surface area (Å²) in [5.74, 6) is 0.00775. The number of benzene rings is 1. The highest BCUT2D eigenvalue weighted by Gasteiger charge is 2.13. The van der Waals surface area contributed by atoms with Crippen LogP contribution in [0, 0.1) is 12.7 Å². The van der Waals surface area contributed by atoms with E-state index in [2.05, 4.69) is 9.71 Å². The van der Waals surface area contributed by atoms with E-state index in [4.69, 9.17) is 4.42 Å². The molecule has 108 valence electrons. The Hall–Kier alpha value is -1.73. The summed E-state index contributed by atoms with van der Waals surface area (Å²) in [6, 6.07) is 5.90. The first kappa shape index (κ1) is 14.7. The van der Waals surface area contributed by atoms with Gasteiger partial charge in [-0.3, -0.25) is 0 Å². The highest BCUT2D eigenvalue weighted by Crippen LogP contribution is 2.07. The van der Waals surface area contributed by atoms with E-state index in [0.717, 1.165) is 0 Å². The van der Waals surface area contributed by atoms with Gasteiger partial charge in [0.05, 0.1) is 18.0 Å². The largest absolute Gasteiger partial charge is 0.447 e. The van der Waals surface area contributed by atoms with Gasteiger partial charge >= 0.3 is 0 Å². The van der Waals surface area contributed by atoms with Crippen LogP contribution in [-0.2, 0) is 23.0 Å². The summed E-state index contributed by atoms with van der Waals surface area (Å²) in [7, 11) is -3.45. The minimum absolute atomic E-state index is 0.0668. The van der Waals surface area contributed by atoms with Crippen molar-refractivity contribution in [1.82, 2.24) is 9.71 Å². The SMILES string of the molecule is Cc1ncoc1CNS(=O)(=O)CCc1cccc(F)c1. The van der Waals surface area contributed by atoms with Crippen LogP contribution >= 0.6 is 0 Å². The number of halogens is 1. The van der Waals surface area contributed by atoms with E-state index in [9.17, 15) is 12.8 Å². The maximum Gasteiger partial charge on any atom is 0.212 e. The molecule has 5 nitrogen and oxygen atoms in total. The molecule has 0 radical (unpaired) electrons. The van der Waals surface area contributed by atoms with Crippen molar-refractivity contribution in [3.05, 3.63) is 53.5 Å². The topological polar surface area (TPSA) is 72.2 Å². The molecule has 0 amide bonds. The van der Waals surface area contributed by atoms with E-state index in [1.54, 1.807) is 19.1 Å². The summed E-state index contributed by atoms with van der Waals surface area (Å²) < 4.78 is 44.1. The number of nitrogens with one attached hydrogen (secondary N) is 1. The molecule has 0 unspecified atom stereocenters. The van der Waals surface area contributed by atoms with Crippen LogP contribution in [0.2, 0.25) is 0 Å². The Balaban J connectivity index is 1.90. The first-order valence-electron chi connectivity index (χ1n) is 6.07. The van der Waals surface area contributed by atoms with E-state index < -0.39 is 10.0 Å². The molecule has 0 saturated carbocycles. The quantitative estimate of drug-likeness (QED) is 0.882. The monoisotopic (exact) mass is 298 g/mol. The highest BCUT2D eigenvalue weighted by atomic mass is 32.2. The summed E-state index contributed by atoms with van der Waals surface area (Å²) in [4.78, 5) is 3.88. The van der Waals surface area contributed by atoms with Gasteiger partial charge in [0, 0.05) is 0 Å². The fourth-order valence-corrected chi connectivity index (χ4v) is 2.69. The Morgan fingerprint density at radius 1 is 1.40 bits per heavy atom. The number of oxazole rings is 1. The lowest BCUT2D eigenvalue weighted by molar-refractivity contribution is 0.492. The predicted molar refractivity (Wildman–Crippen MR) is 72.0 cm³/mol. The van der Waals surface area contributed by atoms with Crippen LogP contribution in [0.4, 0.5) is 4.39 Å². The number of aryl methyl sites for hydroxylation is 2. The molecule has 2 rings (SSSR count). The second-order valence-corrected chi connectivity index (χ2v) is 6.31. The smallest absolute Gasteiger partial charge is 0.212 e. The van der Waals surface area contributed by atoms with Crippen LogP contribution < -0.4 is 4.72 Å². The highest BCUT2D eigenvalue weighted by molar-refractivity contribution is 7.89. The molecule has 0 fully saturated rings. The molecule has 0 spiro atoms. The lowest BCUT2D eigenvalue weighted by Gasteiger charge is -2.06. The van der Waals surface area contributed by atoms with Crippen LogP contribution in [0.3, 0.4) is 0 Å². The van der Waals surface area contributed by atoms with Crippen LogP contribution in [0.15, 0.2) is 35.1 Å². The summed E-state index contributed by atoms with van der Waals surface area (Å²) in [5.41, 5.74) is 1.30. The van der Waals surface area contributed by atoms with Gasteiger partial charge in [-0.15, -0.1) is 0 Å². The molecule has 0 bridgehead atoms. The van der Waals surface area contributed by atoms with Crippen LogP contribution in [-0.4, -0.2) is 19.2 Å². The van der Waals surface area contributed by atoms with E-state index in [1.807, 2.05) is 0 Å². The van der Waals surface area contributed by atoms with E-state index in [-0.39, 0.29) is 24.5 Å². The number of hydrogen-bond donors (Lipinski definition) is 1. The first-order chi connectivity index (χ1) is 9.46. The molecule has 0 aliphatic rings. The summed E-state index contributed by atoms with van der Waals surface area (Å²) >= 11 is 0. The molecule has 1 aromatic heterocycles. The third kappa shape index (κ3) is 4.14. The Bertz CT molecular complexity index is 682.